The first-order chi connectivity index (χ1) is 34.0. The predicted molar refractivity (Wildman–Crippen MR) is 297 cm³/mol. The maximum absolute atomic E-state index is 12.7. The molecule has 1 unspecified atom stereocenters. The van der Waals surface area contributed by atoms with Gasteiger partial charge in [-0.2, -0.15) is 0 Å². The maximum Gasteiger partial charge on any atom is 0.306 e. The van der Waals surface area contributed by atoms with E-state index in [-0.39, 0.29) is 31.1 Å². The molecule has 0 aromatic rings. The van der Waals surface area contributed by atoms with E-state index >= 15 is 0 Å². The largest absolute Gasteiger partial charge is 0.462 e. The molecule has 0 aliphatic rings. The van der Waals surface area contributed by atoms with Gasteiger partial charge in [0.1, 0.15) is 13.2 Å². The molecule has 6 heteroatoms. The van der Waals surface area contributed by atoms with Crippen molar-refractivity contribution in [1.82, 2.24) is 0 Å². The first-order valence-electron chi connectivity index (χ1n) is 28.0. The molecule has 1 atom stereocenters. The van der Waals surface area contributed by atoms with E-state index in [2.05, 4.69) is 142 Å². The van der Waals surface area contributed by atoms with E-state index in [9.17, 15) is 14.4 Å². The van der Waals surface area contributed by atoms with Gasteiger partial charge in [0.2, 0.25) is 0 Å². The molecular weight excluding hydrogens is 853 g/mol. The molecule has 0 spiro atoms. The number of hydrogen-bond acceptors (Lipinski definition) is 6. The fourth-order valence-electron chi connectivity index (χ4n) is 7.32. The average Bonchev–Trinajstić information content (AvgIpc) is 3.35. The van der Waals surface area contributed by atoms with Gasteiger partial charge in [-0.25, -0.2) is 0 Å². The third kappa shape index (κ3) is 54.6. The molecule has 6 nitrogen and oxygen atoms in total. The van der Waals surface area contributed by atoms with Crippen molar-refractivity contribution < 1.29 is 28.6 Å². The van der Waals surface area contributed by atoms with E-state index in [0.717, 1.165) is 141 Å². The lowest BCUT2D eigenvalue weighted by Gasteiger charge is -2.18. The number of esters is 3. The fraction of sp³-hybridized carbons (Fsp3) is 0.635. The highest BCUT2D eigenvalue weighted by Crippen LogP contribution is 2.14. The standard InChI is InChI=1S/C63H102O6/c1-4-7-10-13-15-17-19-21-22-23-24-25-26-27-28-29-30-31-32-33-34-35-36-37-38-39-40-42-43-45-47-50-53-56-62(65)68-59-60(58-67-61(64)55-52-49-12-9-6-3)69-63(66)57-54-51-48-46-44-41-20-18-16-14-11-8-5-2/h7-8,10-11,15-18,21-22,24-25,27-28,30-31,33-34,41,44,60H,4-6,9,12-14,19-20,23,26,29,32,35-40,42-43,45-59H2,1-3H3/b10-7-,11-8-,17-15-,18-16-,22-21-,25-24-,28-27-,31-30-,34-33-,44-41-. The van der Waals surface area contributed by atoms with Crippen LogP contribution in [0.5, 0.6) is 0 Å². The Morgan fingerprint density at radius 2 is 0.565 bits per heavy atom. The van der Waals surface area contributed by atoms with Crippen LogP contribution < -0.4 is 0 Å². The summed E-state index contributed by atoms with van der Waals surface area (Å²) in [6, 6.07) is 0. The number of allylic oxidation sites excluding steroid dienone is 20. The Hall–Kier alpha value is -4.19. The van der Waals surface area contributed by atoms with E-state index in [1.165, 1.54) is 57.8 Å². The molecule has 69 heavy (non-hydrogen) atoms. The van der Waals surface area contributed by atoms with Crippen LogP contribution in [0.3, 0.4) is 0 Å². The van der Waals surface area contributed by atoms with Gasteiger partial charge in [-0.05, 0) is 109 Å². The molecule has 390 valence electrons. The predicted octanol–water partition coefficient (Wildman–Crippen LogP) is 18.9. The van der Waals surface area contributed by atoms with E-state index in [4.69, 9.17) is 14.2 Å². The van der Waals surface area contributed by atoms with Crippen molar-refractivity contribution >= 4 is 17.9 Å². The number of carbonyl (C=O) groups is 3. The average molecular weight is 956 g/mol. The van der Waals surface area contributed by atoms with Gasteiger partial charge in [-0.1, -0.05) is 232 Å². The summed E-state index contributed by atoms with van der Waals surface area (Å²) in [7, 11) is 0. The van der Waals surface area contributed by atoms with Crippen molar-refractivity contribution in [2.75, 3.05) is 13.2 Å². The highest BCUT2D eigenvalue weighted by atomic mass is 16.6. The normalized spacial score (nSPS) is 13.0. The molecule has 0 aliphatic carbocycles. The highest BCUT2D eigenvalue weighted by molar-refractivity contribution is 5.71. The second-order valence-corrected chi connectivity index (χ2v) is 18.1. The number of ether oxygens (including phenoxy) is 3. The molecule has 0 aromatic carbocycles. The van der Waals surface area contributed by atoms with Gasteiger partial charge in [-0.15, -0.1) is 0 Å². The van der Waals surface area contributed by atoms with E-state index in [0.29, 0.717) is 19.3 Å². The summed E-state index contributed by atoms with van der Waals surface area (Å²) in [6.45, 7) is 6.28. The Morgan fingerprint density at radius 3 is 0.899 bits per heavy atom. The van der Waals surface area contributed by atoms with Crippen LogP contribution in [-0.2, 0) is 28.6 Å². The van der Waals surface area contributed by atoms with Crippen LogP contribution in [0.15, 0.2) is 122 Å². The molecule has 0 aromatic heterocycles. The van der Waals surface area contributed by atoms with Crippen molar-refractivity contribution in [3.8, 4) is 0 Å². The number of carbonyl (C=O) groups excluding carboxylic acids is 3. The quantitative estimate of drug-likeness (QED) is 0.0262. The molecule has 0 saturated carbocycles. The monoisotopic (exact) mass is 955 g/mol. The third-order valence-corrected chi connectivity index (χ3v) is 11.5. The van der Waals surface area contributed by atoms with Crippen LogP contribution in [0.1, 0.15) is 239 Å². The lowest BCUT2D eigenvalue weighted by atomic mass is 10.0. The Labute approximate surface area is 424 Å². The smallest absolute Gasteiger partial charge is 0.306 e. The van der Waals surface area contributed by atoms with Gasteiger partial charge >= 0.3 is 17.9 Å². The Balaban J connectivity index is 4.04. The lowest BCUT2D eigenvalue weighted by molar-refractivity contribution is -0.167. The minimum Gasteiger partial charge on any atom is -0.462 e. The molecule has 0 fully saturated rings. The molecule has 0 amide bonds. The Bertz CT molecular complexity index is 1470. The number of rotatable bonds is 49. The summed E-state index contributed by atoms with van der Waals surface area (Å²) in [5.74, 6) is -0.945. The van der Waals surface area contributed by atoms with Gasteiger partial charge in [-0.3, -0.25) is 14.4 Å². The van der Waals surface area contributed by atoms with E-state index in [1.807, 2.05) is 0 Å². The Kier molecular flexibility index (Phi) is 53.0. The van der Waals surface area contributed by atoms with Crippen LogP contribution in [0.2, 0.25) is 0 Å². The zero-order valence-corrected chi connectivity index (χ0v) is 44.5. The zero-order chi connectivity index (χ0) is 50.0. The van der Waals surface area contributed by atoms with Crippen LogP contribution in [0.25, 0.3) is 0 Å². The van der Waals surface area contributed by atoms with Crippen LogP contribution >= 0.6 is 0 Å². The molecule has 0 rings (SSSR count). The third-order valence-electron chi connectivity index (χ3n) is 11.5. The van der Waals surface area contributed by atoms with Gasteiger partial charge in [0.25, 0.3) is 0 Å². The van der Waals surface area contributed by atoms with Crippen LogP contribution in [0, 0.1) is 0 Å². The summed E-state index contributed by atoms with van der Waals surface area (Å²) < 4.78 is 16.6. The van der Waals surface area contributed by atoms with Gasteiger partial charge < -0.3 is 14.2 Å². The van der Waals surface area contributed by atoms with Crippen molar-refractivity contribution in [3.05, 3.63) is 122 Å². The zero-order valence-electron chi connectivity index (χ0n) is 44.5. The SMILES string of the molecule is CC/C=C\C/C=C\C/C=C\C/C=C\C/C=C\C/C=C\C/C=C\CCCCCCCCCCCCCC(=O)OCC(COC(=O)CCCCCCC)OC(=O)CCCCC/C=C\C/C=C\C/C=C\CC. The number of hydrogen-bond donors (Lipinski definition) is 0. The van der Waals surface area contributed by atoms with Crippen molar-refractivity contribution in [2.24, 2.45) is 0 Å². The minimum atomic E-state index is -0.791. The van der Waals surface area contributed by atoms with Gasteiger partial charge in [0, 0.05) is 19.3 Å². The van der Waals surface area contributed by atoms with Crippen molar-refractivity contribution in [2.45, 2.75) is 245 Å². The molecule has 0 bridgehead atoms. The molecule has 0 radical (unpaired) electrons. The van der Waals surface area contributed by atoms with E-state index in [1.54, 1.807) is 0 Å². The Morgan fingerprint density at radius 1 is 0.304 bits per heavy atom. The molecule has 0 N–H and O–H groups in total. The fourth-order valence-corrected chi connectivity index (χ4v) is 7.32. The molecular formula is C63H102O6. The first-order valence-corrected chi connectivity index (χ1v) is 28.0. The summed E-state index contributed by atoms with van der Waals surface area (Å²) in [4.78, 5) is 37.7. The lowest BCUT2D eigenvalue weighted by Crippen LogP contribution is -2.30. The van der Waals surface area contributed by atoms with Crippen molar-refractivity contribution in [3.63, 3.8) is 0 Å². The summed E-state index contributed by atoms with van der Waals surface area (Å²) in [6.07, 6.45) is 78.2. The topological polar surface area (TPSA) is 78.9 Å². The van der Waals surface area contributed by atoms with Crippen LogP contribution in [-0.4, -0.2) is 37.2 Å². The molecule has 0 heterocycles. The highest BCUT2D eigenvalue weighted by Gasteiger charge is 2.19. The summed E-state index contributed by atoms with van der Waals surface area (Å²) in [5.41, 5.74) is 0. The number of unbranched alkanes of at least 4 members (excludes halogenated alkanes) is 18. The second-order valence-electron chi connectivity index (χ2n) is 18.1. The van der Waals surface area contributed by atoms with Crippen molar-refractivity contribution in [1.29, 1.82) is 0 Å². The van der Waals surface area contributed by atoms with Crippen LogP contribution in [0.4, 0.5) is 0 Å². The van der Waals surface area contributed by atoms with Gasteiger partial charge in [0.15, 0.2) is 6.10 Å². The summed E-state index contributed by atoms with van der Waals surface area (Å²) in [5, 5.41) is 0. The van der Waals surface area contributed by atoms with Gasteiger partial charge in [0.05, 0.1) is 0 Å². The minimum absolute atomic E-state index is 0.0927. The molecule has 0 saturated heterocycles. The second kappa shape index (κ2) is 56.4. The molecule has 0 aliphatic heterocycles. The first kappa shape index (κ1) is 64.8. The maximum atomic E-state index is 12.7. The van der Waals surface area contributed by atoms with E-state index < -0.39 is 6.10 Å². The summed E-state index contributed by atoms with van der Waals surface area (Å²) >= 11 is 0.